The number of ether oxygens (including phenoxy) is 4. The number of aliphatic hydroxyl groups excluding tert-OH is 8. The molecule has 3 aliphatic rings. The Balaban J connectivity index is 2.03. The summed E-state index contributed by atoms with van der Waals surface area (Å²) in [5, 5.41) is 94.7. The maximum Gasteiger partial charge on any atom is 0.237 e. The van der Waals surface area contributed by atoms with E-state index in [1.165, 1.54) is 0 Å². The summed E-state index contributed by atoms with van der Waals surface area (Å²) in [5.74, 6) is -2.96. The van der Waals surface area contributed by atoms with Crippen molar-refractivity contribution in [3.63, 3.8) is 0 Å². The molecule has 380 valence electrons. The molecule has 0 spiro atoms. The van der Waals surface area contributed by atoms with Crippen LogP contribution < -0.4 is 67.6 Å². The van der Waals surface area contributed by atoms with Crippen LogP contribution >= 0.6 is 0 Å². The van der Waals surface area contributed by atoms with Crippen molar-refractivity contribution in [1.82, 2.24) is 16.0 Å². The zero-order chi connectivity index (χ0) is 49.4. The first kappa shape index (κ1) is 55.9. The van der Waals surface area contributed by atoms with E-state index in [1.54, 1.807) is 0 Å². The minimum Gasteiger partial charge on any atom is -0.394 e. The van der Waals surface area contributed by atoms with E-state index in [1.807, 2.05) is 0 Å². The standard InChI is InChI=1S/C36H71N15O15/c37-13(4-1-7-46-34(40)41)29(60)49-16-10-17(50-30(61)14(38)5-2-8-47-35(42)43)28(66-33-25(58)24(57)22(55)19(12-53)64-33)26(59)27(16)65-32-23(56)20(21(54)18(11-52)63-32)51-31(62)15(39)6-3-9-48-36(44)45/h13-28,32-33,52-59H,1-12,37-39H2,(H,49,60)(H,50,61)(H,51,62)(H4,40,41,46)(H4,42,43,47)(H4,44,45,48)/t13-,14-,15-,16-,17+,18+,19-,20-,21+,22-,23+,24+,25-,26?,27+,28-,32+,33-/m0/s1. The Morgan fingerprint density at radius 2 is 0.894 bits per heavy atom. The number of nitrogens with zero attached hydrogens (tertiary/aromatic N) is 3. The third-order valence-corrected chi connectivity index (χ3v) is 11.2. The number of nitrogens with two attached hydrogens (primary N) is 9. The van der Waals surface area contributed by atoms with Crippen molar-refractivity contribution in [1.29, 1.82) is 0 Å². The summed E-state index contributed by atoms with van der Waals surface area (Å²) in [6.07, 6.45) is -21.2. The molecule has 0 aromatic rings. The monoisotopic (exact) mass is 954 g/mol. The lowest BCUT2D eigenvalue weighted by Crippen LogP contribution is -2.71. The van der Waals surface area contributed by atoms with Gasteiger partial charge in [-0.1, -0.05) is 0 Å². The number of hydrogen-bond acceptors (Lipinski definition) is 21. The highest BCUT2D eigenvalue weighted by Gasteiger charge is 2.54. The summed E-state index contributed by atoms with van der Waals surface area (Å²) in [4.78, 5) is 52.0. The van der Waals surface area contributed by atoms with Crippen LogP contribution in [0.3, 0.4) is 0 Å². The Labute approximate surface area is 379 Å². The van der Waals surface area contributed by atoms with Gasteiger partial charge in [-0.05, 0) is 44.9 Å². The fourth-order valence-corrected chi connectivity index (χ4v) is 7.50. The van der Waals surface area contributed by atoms with Crippen molar-refractivity contribution in [3.8, 4) is 0 Å². The highest BCUT2D eigenvalue weighted by Crippen LogP contribution is 2.33. The van der Waals surface area contributed by atoms with Gasteiger partial charge in [0.05, 0.1) is 49.5 Å². The molecule has 0 aromatic carbocycles. The highest BCUT2D eigenvalue weighted by atomic mass is 16.7. The zero-order valence-electron chi connectivity index (χ0n) is 36.4. The smallest absolute Gasteiger partial charge is 0.237 e. The fourth-order valence-electron chi connectivity index (χ4n) is 7.50. The molecule has 3 fully saturated rings. The summed E-state index contributed by atoms with van der Waals surface area (Å²) in [6, 6.07) is -7.95. The van der Waals surface area contributed by atoms with Crippen LogP contribution in [0.25, 0.3) is 0 Å². The first-order valence-electron chi connectivity index (χ1n) is 21.4. The predicted molar refractivity (Wildman–Crippen MR) is 231 cm³/mol. The van der Waals surface area contributed by atoms with Crippen LogP contribution in [0, 0.1) is 0 Å². The quantitative estimate of drug-likeness (QED) is 0.0243. The topological polar surface area (TPSA) is 557 Å². The number of aliphatic hydroxyl groups is 8. The molecule has 0 aromatic heterocycles. The van der Waals surface area contributed by atoms with E-state index in [0.29, 0.717) is 0 Å². The lowest BCUT2D eigenvalue weighted by molar-refractivity contribution is -0.336. The first-order chi connectivity index (χ1) is 31.1. The molecule has 3 amide bonds. The van der Waals surface area contributed by atoms with E-state index in [9.17, 15) is 55.2 Å². The molecule has 29 N–H and O–H groups in total. The minimum atomic E-state index is -2.04. The molecule has 0 radical (unpaired) electrons. The zero-order valence-corrected chi connectivity index (χ0v) is 36.4. The van der Waals surface area contributed by atoms with Crippen LogP contribution in [0.2, 0.25) is 0 Å². The SMILES string of the molecule is NC(N)=NCCC[C@H](N)C(=O)N[C@@H]1[C@@H](O)[C@@H](O[C@H]2C(O)[C@@H](O[C@@H]3O[C@@H](CO)[C@H](O)[C@@H](O)[C@@H]3O)[C@H](NC(=O)[C@@H](N)CCCN=C(N)N)C[C@@H]2NC(=O)[C@@H](N)CCCN=C(N)N)O[C@H](CO)[C@H]1O. The molecule has 1 unspecified atom stereocenters. The van der Waals surface area contributed by atoms with E-state index in [2.05, 4.69) is 30.9 Å². The second-order valence-electron chi connectivity index (χ2n) is 16.3. The predicted octanol–water partition coefficient (Wildman–Crippen LogP) is -11.6. The number of rotatable bonds is 24. The highest BCUT2D eigenvalue weighted by molar-refractivity contribution is 5.83. The molecule has 30 heteroatoms. The van der Waals surface area contributed by atoms with Gasteiger partial charge in [0.15, 0.2) is 30.5 Å². The number of carbonyl (C=O) groups is 3. The first-order valence-corrected chi connectivity index (χ1v) is 21.4. The van der Waals surface area contributed by atoms with Gasteiger partial charge in [0.25, 0.3) is 0 Å². The maximum atomic E-state index is 13.7. The molecule has 2 aliphatic heterocycles. The summed E-state index contributed by atoms with van der Waals surface area (Å²) in [5.41, 5.74) is 50.7. The Bertz CT molecular complexity index is 1630. The second kappa shape index (κ2) is 26.8. The second-order valence-corrected chi connectivity index (χ2v) is 16.3. The Morgan fingerprint density at radius 3 is 1.27 bits per heavy atom. The normalized spacial score (nSPS) is 33.6. The maximum absolute atomic E-state index is 13.7. The molecule has 1 aliphatic carbocycles. The van der Waals surface area contributed by atoms with Gasteiger partial charge in [-0.25, -0.2) is 0 Å². The van der Waals surface area contributed by atoms with Gasteiger partial charge >= 0.3 is 0 Å². The van der Waals surface area contributed by atoms with Gasteiger partial charge in [0.2, 0.25) is 17.7 Å². The van der Waals surface area contributed by atoms with Gasteiger partial charge in [-0.3, -0.25) is 29.4 Å². The van der Waals surface area contributed by atoms with Crippen molar-refractivity contribution in [3.05, 3.63) is 0 Å². The molecule has 2 saturated heterocycles. The van der Waals surface area contributed by atoms with Gasteiger partial charge in [0, 0.05) is 19.6 Å². The molecular weight excluding hydrogens is 882 g/mol. The lowest BCUT2D eigenvalue weighted by atomic mass is 9.82. The van der Waals surface area contributed by atoms with Crippen LogP contribution in [0.5, 0.6) is 0 Å². The van der Waals surface area contributed by atoms with Crippen molar-refractivity contribution in [2.45, 2.75) is 155 Å². The van der Waals surface area contributed by atoms with E-state index in [0.717, 1.165) is 0 Å². The van der Waals surface area contributed by atoms with Crippen LogP contribution in [0.15, 0.2) is 15.0 Å². The molecule has 18 atom stereocenters. The average molecular weight is 954 g/mol. The molecule has 0 bridgehead atoms. The summed E-state index contributed by atoms with van der Waals surface area (Å²) in [7, 11) is 0. The van der Waals surface area contributed by atoms with Gasteiger partial charge < -0.3 is 127 Å². The number of nitrogens with one attached hydrogen (secondary N) is 3. The summed E-state index contributed by atoms with van der Waals surface area (Å²) in [6.45, 7) is -1.32. The molecule has 3 rings (SSSR count). The fraction of sp³-hybridized carbons (Fsp3) is 0.833. The van der Waals surface area contributed by atoms with Crippen molar-refractivity contribution in [2.75, 3.05) is 32.8 Å². The van der Waals surface area contributed by atoms with Crippen LogP contribution in [-0.2, 0) is 33.3 Å². The van der Waals surface area contributed by atoms with Crippen LogP contribution in [-0.4, -0.2) is 219 Å². The Hall–Kier alpha value is -4.38. The molecule has 2 heterocycles. The van der Waals surface area contributed by atoms with E-state index < -0.39 is 147 Å². The minimum absolute atomic E-state index is 0.0550. The number of carbonyl (C=O) groups excluding carboxylic acids is 3. The van der Waals surface area contributed by atoms with Crippen molar-refractivity contribution in [2.24, 2.45) is 66.6 Å². The summed E-state index contributed by atoms with van der Waals surface area (Å²) < 4.78 is 23.5. The summed E-state index contributed by atoms with van der Waals surface area (Å²) >= 11 is 0. The number of aliphatic imine (C=N–C) groups is 3. The largest absolute Gasteiger partial charge is 0.394 e. The third kappa shape index (κ3) is 16.2. The molecule has 66 heavy (non-hydrogen) atoms. The van der Waals surface area contributed by atoms with Crippen LogP contribution in [0.4, 0.5) is 0 Å². The average Bonchev–Trinajstić information content (AvgIpc) is 3.26. The van der Waals surface area contributed by atoms with Crippen molar-refractivity contribution < 1.29 is 74.2 Å². The number of amides is 3. The van der Waals surface area contributed by atoms with E-state index in [-0.39, 0.29) is 76.0 Å². The Kier molecular flexibility index (Phi) is 22.7. The van der Waals surface area contributed by atoms with Gasteiger partial charge in [-0.2, -0.15) is 0 Å². The van der Waals surface area contributed by atoms with Gasteiger partial charge in [0.1, 0.15) is 61.0 Å². The molecule has 1 saturated carbocycles. The van der Waals surface area contributed by atoms with Crippen molar-refractivity contribution >= 4 is 35.6 Å². The van der Waals surface area contributed by atoms with E-state index in [4.69, 9.17) is 70.6 Å². The number of hydrogen-bond donors (Lipinski definition) is 20. The van der Waals surface area contributed by atoms with E-state index >= 15 is 0 Å². The number of guanidine groups is 3. The van der Waals surface area contributed by atoms with Crippen LogP contribution in [0.1, 0.15) is 44.9 Å². The Morgan fingerprint density at radius 1 is 0.530 bits per heavy atom. The van der Waals surface area contributed by atoms with Gasteiger partial charge in [-0.15, -0.1) is 0 Å². The molecular formula is C36H71N15O15. The lowest BCUT2D eigenvalue weighted by Gasteiger charge is -2.50. The molecule has 30 nitrogen and oxygen atoms in total. The third-order valence-electron chi connectivity index (χ3n) is 11.2.